The van der Waals surface area contributed by atoms with Crippen molar-refractivity contribution in [3.63, 3.8) is 0 Å². The van der Waals surface area contributed by atoms with Gasteiger partial charge in [-0.05, 0) is 25.7 Å². The summed E-state index contributed by atoms with van der Waals surface area (Å²) in [4.78, 5) is 16.7. The zero-order chi connectivity index (χ0) is 16.2. The van der Waals surface area contributed by atoms with Gasteiger partial charge in [0.25, 0.3) is 0 Å². The van der Waals surface area contributed by atoms with Crippen LogP contribution in [0.1, 0.15) is 25.8 Å². The number of nitrogens with zero attached hydrogens (tertiary/aromatic N) is 4. The Bertz CT molecular complexity index is 520. The fourth-order valence-corrected chi connectivity index (χ4v) is 3.21. The number of rotatable bonds is 7. The average molecular weight is 321 g/mol. The lowest BCUT2D eigenvalue weighted by molar-refractivity contribution is -0.117. The highest BCUT2D eigenvalue weighted by Gasteiger charge is 2.30. The van der Waals surface area contributed by atoms with Crippen molar-refractivity contribution < 1.29 is 9.90 Å². The molecular formula is C16H27N5O2. The molecule has 1 aromatic rings. The Kier molecular flexibility index (Phi) is 5.30. The molecule has 1 amide bonds. The molecule has 7 nitrogen and oxygen atoms in total. The smallest absolute Gasteiger partial charge is 0.239 e. The highest BCUT2D eigenvalue weighted by atomic mass is 16.3. The van der Waals surface area contributed by atoms with E-state index < -0.39 is 0 Å². The molecule has 1 aromatic heterocycles. The maximum absolute atomic E-state index is 12.3. The number of β-amino-alcohol motifs (C(OH)–C–C–N with tert-alkyl or cyclic N) is 1. The summed E-state index contributed by atoms with van der Waals surface area (Å²) in [6, 6.07) is 2.22. The third kappa shape index (κ3) is 4.31. The van der Waals surface area contributed by atoms with Crippen molar-refractivity contribution in [1.82, 2.24) is 19.6 Å². The minimum atomic E-state index is 0.0188. The highest BCUT2D eigenvalue weighted by Crippen LogP contribution is 2.40. The van der Waals surface area contributed by atoms with Gasteiger partial charge >= 0.3 is 0 Å². The molecule has 0 spiro atoms. The van der Waals surface area contributed by atoms with Crippen molar-refractivity contribution in [1.29, 1.82) is 0 Å². The molecule has 1 saturated carbocycles. The molecular weight excluding hydrogens is 294 g/mol. The SMILES string of the molecule is CC(C1CC1)n1nccc1NC(=O)CN1CCN(CCO)CC1. The summed E-state index contributed by atoms with van der Waals surface area (Å²) in [7, 11) is 0. The lowest BCUT2D eigenvalue weighted by atomic mass is 10.2. The molecule has 2 aliphatic rings. The maximum atomic E-state index is 12.3. The number of hydrogen-bond acceptors (Lipinski definition) is 5. The zero-order valence-corrected chi connectivity index (χ0v) is 13.8. The number of piperazine rings is 1. The molecule has 1 aliphatic carbocycles. The van der Waals surface area contributed by atoms with Crippen molar-refractivity contribution in [2.75, 3.05) is 51.2 Å². The van der Waals surface area contributed by atoms with Gasteiger partial charge in [-0.3, -0.25) is 14.6 Å². The van der Waals surface area contributed by atoms with E-state index in [2.05, 4.69) is 27.1 Å². The van der Waals surface area contributed by atoms with Gasteiger partial charge in [-0.15, -0.1) is 0 Å². The summed E-state index contributed by atoms with van der Waals surface area (Å²) in [6.45, 7) is 7.05. The minimum Gasteiger partial charge on any atom is -0.395 e. The Morgan fingerprint density at radius 2 is 2.04 bits per heavy atom. The van der Waals surface area contributed by atoms with Crippen LogP contribution in [0.5, 0.6) is 0 Å². The molecule has 1 unspecified atom stereocenters. The van der Waals surface area contributed by atoms with Crippen molar-refractivity contribution in [2.45, 2.75) is 25.8 Å². The molecule has 0 bridgehead atoms. The minimum absolute atomic E-state index is 0.0188. The average Bonchev–Trinajstić information content (AvgIpc) is 3.29. The standard InChI is InChI=1S/C16H27N5O2/c1-13(14-2-3-14)21-15(4-5-17-21)18-16(23)12-20-8-6-19(7-9-20)10-11-22/h4-5,13-14,22H,2-3,6-12H2,1H3,(H,18,23). The first kappa shape index (κ1) is 16.4. The first-order valence-electron chi connectivity index (χ1n) is 8.56. The van der Waals surface area contributed by atoms with Crippen molar-refractivity contribution in [3.8, 4) is 0 Å². The van der Waals surface area contributed by atoms with Crippen LogP contribution in [0.4, 0.5) is 5.82 Å². The van der Waals surface area contributed by atoms with Gasteiger partial charge < -0.3 is 10.4 Å². The Labute approximate surface area is 137 Å². The molecule has 7 heteroatoms. The molecule has 23 heavy (non-hydrogen) atoms. The second-order valence-electron chi connectivity index (χ2n) is 6.63. The Balaban J connectivity index is 1.47. The van der Waals surface area contributed by atoms with Gasteiger partial charge in [0.2, 0.25) is 5.91 Å². The Morgan fingerprint density at radius 1 is 1.35 bits per heavy atom. The predicted octanol–water partition coefficient (Wildman–Crippen LogP) is 0.403. The van der Waals surface area contributed by atoms with E-state index in [1.54, 1.807) is 6.20 Å². The molecule has 2 heterocycles. The van der Waals surface area contributed by atoms with Crippen molar-refractivity contribution >= 4 is 11.7 Å². The van der Waals surface area contributed by atoms with Crippen molar-refractivity contribution in [2.24, 2.45) is 5.92 Å². The second-order valence-corrected chi connectivity index (χ2v) is 6.63. The third-order valence-electron chi connectivity index (χ3n) is 4.88. The number of carbonyl (C=O) groups excluding carboxylic acids is 1. The first-order valence-corrected chi connectivity index (χ1v) is 8.56. The quantitative estimate of drug-likeness (QED) is 0.761. The molecule has 2 N–H and O–H groups in total. The largest absolute Gasteiger partial charge is 0.395 e. The van der Waals surface area contributed by atoms with E-state index in [1.807, 2.05) is 10.7 Å². The van der Waals surface area contributed by atoms with E-state index in [4.69, 9.17) is 5.11 Å². The van der Waals surface area contributed by atoms with E-state index in [1.165, 1.54) is 12.8 Å². The Morgan fingerprint density at radius 3 is 2.70 bits per heavy atom. The Hall–Kier alpha value is -1.44. The van der Waals surface area contributed by atoms with Crippen LogP contribution < -0.4 is 5.32 Å². The van der Waals surface area contributed by atoms with Crippen LogP contribution >= 0.6 is 0 Å². The van der Waals surface area contributed by atoms with Gasteiger partial charge in [-0.25, -0.2) is 4.68 Å². The second kappa shape index (κ2) is 7.42. The number of carbonyl (C=O) groups is 1. The lowest BCUT2D eigenvalue weighted by Gasteiger charge is -2.33. The highest BCUT2D eigenvalue weighted by molar-refractivity contribution is 5.91. The number of hydrogen-bond donors (Lipinski definition) is 2. The van der Waals surface area contributed by atoms with E-state index in [9.17, 15) is 4.79 Å². The van der Waals surface area contributed by atoms with Gasteiger partial charge in [-0.2, -0.15) is 5.10 Å². The van der Waals surface area contributed by atoms with E-state index in [0.29, 0.717) is 18.5 Å². The van der Waals surface area contributed by atoms with E-state index in [-0.39, 0.29) is 12.5 Å². The van der Waals surface area contributed by atoms with E-state index in [0.717, 1.165) is 38.5 Å². The molecule has 1 atom stereocenters. The summed E-state index contributed by atoms with van der Waals surface area (Å²) in [6.07, 6.45) is 4.27. The summed E-state index contributed by atoms with van der Waals surface area (Å²) < 4.78 is 1.94. The van der Waals surface area contributed by atoms with Crippen LogP contribution in [0.15, 0.2) is 12.3 Å². The molecule has 1 saturated heterocycles. The molecule has 128 valence electrons. The van der Waals surface area contributed by atoms with Gasteiger partial charge in [0.15, 0.2) is 0 Å². The molecule has 0 aromatic carbocycles. The first-order chi connectivity index (χ1) is 11.2. The normalized spacial score (nSPS) is 21.3. The lowest BCUT2D eigenvalue weighted by Crippen LogP contribution is -2.49. The summed E-state index contributed by atoms with van der Waals surface area (Å²) in [5.74, 6) is 1.52. The fraction of sp³-hybridized carbons (Fsp3) is 0.750. The van der Waals surface area contributed by atoms with Gasteiger partial charge in [0.05, 0.1) is 25.4 Å². The molecule has 2 fully saturated rings. The fourth-order valence-electron chi connectivity index (χ4n) is 3.21. The van der Waals surface area contributed by atoms with Crippen LogP contribution in [-0.4, -0.2) is 76.5 Å². The number of aliphatic hydroxyl groups excluding tert-OH is 1. The van der Waals surface area contributed by atoms with Crippen molar-refractivity contribution in [3.05, 3.63) is 12.3 Å². The maximum Gasteiger partial charge on any atom is 0.239 e. The number of nitrogens with one attached hydrogen (secondary N) is 1. The summed E-state index contributed by atoms with van der Waals surface area (Å²) in [5.41, 5.74) is 0. The van der Waals surface area contributed by atoms with Crippen LogP contribution in [0, 0.1) is 5.92 Å². The van der Waals surface area contributed by atoms with Gasteiger partial charge in [0, 0.05) is 38.8 Å². The number of anilines is 1. The summed E-state index contributed by atoms with van der Waals surface area (Å²) >= 11 is 0. The third-order valence-corrected chi connectivity index (χ3v) is 4.88. The van der Waals surface area contributed by atoms with Crippen LogP contribution in [0.25, 0.3) is 0 Å². The zero-order valence-electron chi connectivity index (χ0n) is 13.8. The molecule has 3 rings (SSSR count). The number of amides is 1. The van der Waals surface area contributed by atoms with Crippen LogP contribution in [-0.2, 0) is 4.79 Å². The number of aliphatic hydroxyl groups is 1. The van der Waals surface area contributed by atoms with E-state index >= 15 is 0 Å². The number of aromatic nitrogens is 2. The topological polar surface area (TPSA) is 73.6 Å². The predicted molar refractivity (Wildman–Crippen MR) is 88.3 cm³/mol. The van der Waals surface area contributed by atoms with Crippen LogP contribution in [0.2, 0.25) is 0 Å². The van der Waals surface area contributed by atoms with Gasteiger partial charge in [-0.1, -0.05) is 0 Å². The van der Waals surface area contributed by atoms with Crippen LogP contribution in [0.3, 0.4) is 0 Å². The summed E-state index contributed by atoms with van der Waals surface area (Å²) in [5, 5.41) is 16.3. The molecule has 1 aliphatic heterocycles. The van der Waals surface area contributed by atoms with Gasteiger partial charge in [0.1, 0.15) is 5.82 Å². The molecule has 0 radical (unpaired) electrons. The monoisotopic (exact) mass is 321 g/mol.